The predicted octanol–water partition coefficient (Wildman–Crippen LogP) is 0.439. The van der Waals surface area contributed by atoms with E-state index in [1.165, 1.54) is 12.3 Å². The lowest BCUT2D eigenvalue weighted by atomic mass is 10.3. The predicted molar refractivity (Wildman–Crippen MR) is 30.9 cm³/mol. The second-order valence-corrected chi connectivity index (χ2v) is 1.53. The Morgan fingerprint density at radius 2 is 2.67 bits per heavy atom. The van der Waals surface area contributed by atoms with Crippen LogP contribution in [0.2, 0.25) is 0 Å². The van der Waals surface area contributed by atoms with E-state index < -0.39 is 0 Å². The molecule has 0 bridgehead atoms. The average Bonchev–Trinajstić information content (AvgIpc) is 2.37. The molecule has 1 amide bonds. The van der Waals surface area contributed by atoms with Gasteiger partial charge in [-0.3, -0.25) is 4.79 Å². The van der Waals surface area contributed by atoms with Crippen LogP contribution in [0.1, 0.15) is 10.4 Å². The van der Waals surface area contributed by atoms with Crippen molar-refractivity contribution in [1.82, 2.24) is 5.32 Å². The van der Waals surface area contributed by atoms with Gasteiger partial charge in [0.25, 0.3) is 5.91 Å². The Bertz CT molecular complexity index is 191. The van der Waals surface area contributed by atoms with E-state index in [0.29, 0.717) is 5.56 Å². The Morgan fingerprint density at radius 3 is 3.11 bits per heavy atom. The molecule has 0 unspecified atom stereocenters. The quantitative estimate of drug-likeness (QED) is 0.590. The van der Waals surface area contributed by atoms with Gasteiger partial charge < -0.3 is 9.73 Å². The molecule has 0 saturated heterocycles. The summed E-state index contributed by atoms with van der Waals surface area (Å²) >= 11 is 0. The Morgan fingerprint density at radius 1 is 1.89 bits per heavy atom. The summed E-state index contributed by atoms with van der Waals surface area (Å²) in [5.74, 6) is -0.153. The highest BCUT2D eigenvalue weighted by Crippen LogP contribution is 1.96. The van der Waals surface area contributed by atoms with Gasteiger partial charge in [-0.25, -0.2) is 0 Å². The van der Waals surface area contributed by atoms with Gasteiger partial charge in [0.15, 0.2) is 6.26 Å². The molecule has 0 aliphatic carbocycles. The number of amides is 1. The number of furan rings is 1. The molecule has 9 heavy (non-hydrogen) atoms. The molecule has 0 atom stereocenters. The van der Waals surface area contributed by atoms with Crippen LogP contribution in [0.5, 0.6) is 0 Å². The highest BCUT2D eigenvalue weighted by molar-refractivity contribution is 5.93. The third-order valence-electron chi connectivity index (χ3n) is 0.958. The van der Waals surface area contributed by atoms with E-state index in [2.05, 4.69) is 16.0 Å². The molecule has 1 rings (SSSR count). The van der Waals surface area contributed by atoms with Crippen LogP contribution >= 0.6 is 0 Å². The van der Waals surface area contributed by atoms with Crippen molar-refractivity contribution in [2.45, 2.75) is 0 Å². The van der Waals surface area contributed by atoms with Crippen molar-refractivity contribution in [3.05, 3.63) is 24.2 Å². The zero-order valence-corrected chi connectivity index (χ0v) is 4.97. The third kappa shape index (κ3) is 1.10. The fourth-order valence-electron chi connectivity index (χ4n) is 0.492. The van der Waals surface area contributed by atoms with Crippen molar-refractivity contribution in [3.63, 3.8) is 0 Å². The first-order valence-electron chi connectivity index (χ1n) is 2.51. The van der Waals surface area contributed by atoms with Gasteiger partial charge in [-0.15, -0.1) is 0 Å². The van der Waals surface area contributed by atoms with Gasteiger partial charge in [-0.1, -0.05) is 0 Å². The normalized spacial score (nSPS) is 9.00. The molecule has 0 aromatic carbocycles. The minimum absolute atomic E-state index is 0.153. The molecule has 1 N–H and O–H groups in total. The highest BCUT2D eigenvalue weighted by Gasteiger charge is 2.01. The minimum atomic E-state index is -0.153. The second-order valence-electron chi connectivity index (χ2n) is 1.53. The molecule has 0 fully saturated rings. The van der Waals surface area contributed by atoms with Gasteiger partial charge in [0.2, 0.25) is 0 Å². The third-order valence-corrected chi connectivity index (χ3v) is 0.958. The lowest BCUT2D eigenvalue weighted by Crippen LogP contribution is -2.16. The van der Waals surface area contributed by atoms with Crippen molar-refractivity contribution < 1.29 is 9.21 Å². The molecule has 3 nitrogen and oxygen atoms in total. The smallest absolute Gasteiger partial charge is 0.254 e. The van der Waals surface area contributed by atoms with Crippen LogP contribution in [-0.2, 0) is 0 Å². The molecule has 1 aromatic heterocycles. The van der Waals surface area contributed by atoms with E-state index in [-0.39, 0.29) is 5.91 Å². The lowest BCUT2D eigenvalue weighted by molar-refractivity contribution is 0.0962. The number of rotatable bonds is 1. The Kier molecular flexibility index (Phi) is 1.53. The van der Waals surface area contributed by atoms with Gasteiger partial charge in [0.05, 0.1) is 5.56 Å². The summed E-state index contributed by atoms with van der Waals surface area (Å²) in [4.78, 5) is 10.7. The zero-order valence-electron chi connectivity index (χ0n) is 4.97. The molecule has 0 spiro atoms. The van der Waals surface area contributed by atoms with E-state index in [9.17, 15) is 4.79 Å². The summed E-state index contributed by atoms with van der Waals surface area (Å²) in [6, 6.07) is 1.48. The van der Waals surface area contributed by atoms with Crippen LogP contribution in [-0.4, -0.2) is 13.0 Å². The van der Waals surface area contributed by atoms with Crippen molar-refractivity contribution >= 4 is 5.91 Å². The van der Waals surface area contributed by atoms with Crippen molar-refractivity contribution in [2.75, 3.05) is 7.05 Å². The molecular weight excluding hydrogens is 118 g/mol. The molecule has 0 aliphatic heterocycles. The minimum Gasteiger partial charge on any atom is -0.460 e. The van der Waals surface area contributed by atoms with Gasteiger partial charge in [-0.2, -0.15) is 0 Å². The summed E-state index contributed by atoms with van der Waals surface area (Å²) in [5.41, 5.74) is 0.498. The summed E-state index contributed by atoms with van der Waals surface area (Å²) in [6.07, 6.45) is 3.76. The van der Waals surface area contributed by atoms with Gasteiger partial charge >= 0.3 is 0 Å². The maximum absolute atomic E-state index is 10.7. The fourth-order valence-corrected chi connectivity index (χ4v) is 0.492. The van der Waals surface area contributed by atoms with E-state index in [1.807, 2.05) is 0 Å². The van der Waals surface area contributed by atoms with Crippen LogP contribution < -0.4 is 5.32 Å². The molecule has 47 valence electrons. The molecule has 1 aromatic rings. The maximum atomic E-state index is 10.7. The van der Waals surface area contributed by atoms with Gasteiger partial charge in [0, 0.05) is 13.1 Å². The second kappa shape index (κ2) is 2.35. The molecule has 1 heterocycles. The van der Waals surface area contributed by atoms with Crippen LogP contribution in [0, 0.1) is 6.26 Å². The Labute approximate surface area is 52.7 Å². The number of nitrogens with one attached hydrogen (secondary N) is 1. The summed E-state index contributed by atoms with van der Waals surface area (Å²) in [7, 11) is 1.56. The van der Waals surface area contributed by atoms with Crippen molar-refractivity contribution in [3.8, 4) is 0 Å². The molecular formula is C6H6NO2. The topological polar surface area (TPSA) is 42.2 Å². The number of carbonyl (C=O) groups is 1. The van der Waals surface area contributed by atoms with Crippen LogP contribution in [0.4, 0.5) is 0 Å². The molecule has 0 saturated carbocycles. The SMILES string of the molecule is CNC(=O)c1c[c]oc1. The average molecular weight is 124 g/mol. The first-order valence-corrected chi connectivity index (χ1v) is 2.51. The Balaban J connectivity index is 2.77. The Hall–Kier alpha value is -1.25. The fraction of sp³-hybridized carbons (Fsp3) is 0.167. The summed E-state index contributed by atoms with van der Waals surface area (Å²) < 4.78 is 4.55. The van der Waals surface area contributed by atoms with E-state index in [4.69, 9.17) is 0 Å². The van der Waals surface area contributed by atoms with E-state index in [1.54, 1.807) is 7.05 Å². The highest BCUT2D eigenvalue weighted by atomic mass is 16.3. The lowest BCUT2D eigenvalue weighted by Gasteiger charge is -1.89. The van der Waals surface area contributed by atoms with Crippen LogP contribution in [0.3, 0.4) is 0 Å². The van der Waals surface area contributed by atoms with Gasteiger partial charge in [-0.05, 0) is 0 Å². The summed E-state index contributed by atoms with van der Waals surface area (Å²) in [6.45, 7) is 0. The number of hydrogen-bond acceptors (Lipinski definition) is 2. The number of hydrogen-bond donors (Lipinski definition) is 1. The number of carbonyl (C=O) groups excluding carboxylic acids is 1. The van der Waals surface area contributed by atoms with E-state index in [0.717, 1.165) is 0 Å². The van der Waals surface area contributed by atoms with Gasteiger partial charge in [0.1, 0.15) is 6.26 Å². The van der Waals surface area contributed by atoms with Crippen LogP contribution in [0.25, 0.3) is 0 Å². The first kappa shape index (κ1) is 5.88. The largest absolute Gasteiger partial charge is 0.460 e. The van der Waals surface area contributed by atoms with Crippen molar-refractivity contribution in [1.29, 1.82) is 0 Å². The standard InChI is InChI=1S/C6H6NO2/c1-7-6(8)5-2-3-9-4-5/h2,4H,1H3,(H,7,8). The van der Waals surface area contributed by atoms with Crippen molar-refractivity contribution in [2.24, 2.45) is 0 Å². The molecule has 3 heteroatoms. The maximum Gasteiger partial charge on any atom is 0.254 e. The monoisotopic (exact) mass is 124 g/mol. The molecule has 0 aliphatic rings. The van der Waals surface area contributed by atoms with Crippen LogP contribution in [0.15, 0.2) is 16.7 Å². The van der Waals surface area contributed by atoms with E-state index >= 15 is 0 Å². The summed E-state index contributed by atoms with van der Waals surface area (Å²) in [5, 5.41) is 2.45. The molecule has 1 radical (unpaired) electrons. The first-order chi connectivity index (χ1) is 4.34. The zero-order chi connectivity index (χ0) is 6.69.